The van der Waals surface area contributed by atoms with Crippen LogP contribution in [0.15, 0.2) is 0 Å². The molecule has 0 spiro atoms. The number of hydrogen-bond donors (Lipinski definition) is 1. The number of unbranched alkanes of at least 4 members (excludes halogenated alkanes) is 1. The maximum absolute atomic E-state index is 11.2. The summed E-state index contributed by atoms with van der Waals surface area (Å²) in [5, 5.41) is 2.42. The molecule has 14 heavy (non-hydrogen) atoms. The Morgan fingerprint density at radius 3 is 2.36 bits per heavy atom. The number of amides is 1. The van der Waals surface area contributed by atoms with Crippen LogP contribution >= 0.6 is 0 Å². The lowest BCUT2D eigenvalue weighted by Crippen LogP contribution is -2.41. The molecule has 0 aliphatic carbocycles. The SMILES string of the molecule is CCCCC(NC(=O)OC)C(=O)OC. The number of ether oxygens (including phenoxy) is 2. The molecule has 1 atom stereocenters. The molecule has 5 heteroatoms. The molecule has 0 bridgehead atoms. The number of alkyl carbamates (subject to hydrolysis) is 1. The summed E-state index contributed by atoms with van der Waals surface area (Å²) in [6.45, 7) is 2.01. The highest BCUT2D eigenvalue weighted by Crippen LogP contribution is 2.02. The first-order valence-electron chi connectivity index (χ1n) is 4.58. The maximum atomic E-state index is 11.2. The molecule has 0 fully saturated rings. The molecule has 0 rings (SSSR count). The Morgan fingerprint density at radius 1 is 1.29 bits per heavy atom. The number of carbonyl (C=O) groups excluding carboxylic acids is 2. The number of hydrogen-bond acceptors (Lipinski definition) is 4. The van der Waals surface area contributed by atoms with Crippen molar-refractivity contribution in [1.82, 2.24) is 5.32 Å². The van der Waals surface area contributed by atoms with E-state index in [1.54, 1.807) is 0 Å². The van der Waals surface area contributed by atoms with Crippen molar-refractivity contribution in [3.8, 4) is 0 Å². The maximum Gasteiger partial charge on any atom is 0.407 e. The highest BCUT2D eigenvalue weighted by molar-refractivity contribution is 5.81. The van der Waals surface area contributed by atoms with Crippen LogP contribution < -0.4 is 5.32 Å². The van der Waals surface area contributed by atoms with Crippen LogP contribution in [0.3, 0.4) is 0 Å². The van der Waals surface area contributed by atoms with Gasteiger partial charge in [0.2, 0.25) is 0 Å². The van der Waals surface area contributed by atoms with Crippen LogP contribution in [0.4, 0.5) is 4.79 Å². The molecule has 0 heterocycles. The topological polar surface area (TPSA) is 64.6 Å². The van der Waals surface area contributed by atoms with Crippen molar-refractivity contribution in [2.45, 2.75) is 32.2 Å². The van der Waals surface area contributed by atoms with E-state index in [1.807, 2.05) is 6.92 Å². The number of esters is 1. The van der Waals surface area contributed by atoms with Crippen LogP contribution in [0.1, 0.15) is 26.2 Å². The van der Waals surface area contributed by atoms with Gasteiger partial charge in [-0.05, 0) is 6.42 Å². The zero-order valence-electron chi connectivity index (χ0n) is 8.83. The fourth-order valence-electron chi connectivity index (χ4n) is 1.00. The highest BCUT2D eigenvalue weighted by atomic mass is 16.5. The summed E-state index contributed by atoms with van der Waals surface area (Å²) in [5.41, 5.74) is 0. The zero-order valence-corrected chi connectivity index (χ0v) is 8.83. The van der Waals surface area contributed by atoms with E-state index in [4.69, 9.17) is 0 Å². The fraction of sp³-hybridized carbons (Fsp3) is 0.778. The van der Waals surface area contributed by atoms with E-state index in [-0.39, 0.29) is 0 Å². The zero-order chi connectivity index (χ0) is 11.0. The van der Waals surface area contributed by atoms with Crippen molar-refractivity contribution in [2.24, 2.45) is 0 Å². The Labute approximate surface area is 83.8 Å². The average molecular weight is 203 g/mol. The molecule has 0 saturated heterocycles. The lowest BCUT2D eigenvalue weighted by molar-refractivity contribution is -0.143. The van der Waals surface area contributed by atoms with E-state index < -0.39 is 18.1 Å². The molecule has 0 aromatic rings. The minimum absolute atomic E-state index is 0.441. The summed E-state index contributed by atoms with van der Waals surface area (Å²) in [4.78, 5) is 22.0. The second-order valence-corrected chi connectivity index (χ2v) is 2.85. The van der Waals surface area contributed by atoms with Gasteiger partial charge in [0.05, 0.1) is 14.2 Å². The van der Waals surface area contributed by atoms with E-state index in [0.717, 1.165) is 12.8 Å². The molecule has 1 amide bonds. The summed E-state index contributed by atoms with van der Waals surface area (Å²) in [6.07, 6.45) is 1.76. The van der Waals surface area contributed by atoms with Crippen LogP contribution in [0, 0.1) is 0 Å². The molecule has 0 aromatic heterocycles. The molecule has 5 nitrogen and oxygen atoms in total. The quantitative estimate of drug-likeness (QED) is 0.679. The molecule has 1 N–H and O–H groups in total. The van der Waals surface area contributed by atoms with Crippen LogP contribution in [0.2, 0.25) is 0 Å². The summed E-state index contributed by atoms with van der Waals surface area (Å²) in [6, 6.07) is -0.604. The van der Waals surface area contributed by atoms with Crippen LogP contribution in [-0.2, 0) is 14.3 Å². The third-order valence-corrected chi connectivity index (χ3v) is 1.81. The van der Waals surface area contributed by atoms with Gasteiger partial charge in [-0.2, -0.15) is 0 Å². The van der Waals surface area contributed by atoms with Crippen molar-refractivity contribution < 1.29 is 19.1 Å². The predicted octanol–water partition coefficient (Wildman–Crippen LogP) is 1.07. The van der Waals surface area contributed by atoms with Gasteiger partial charge in [-0.25, -0.2) is 9.59 Å². The normalized spacial score (nSPS) is 11.6. The molecule has 0 aromatic carbocycles. The van der Waals surface area contributed by atoms with Crippen molar-refractivity contribution in [3.63, 3.8) is 0 Å². The first-order valence-corrected chi connectivity index (χ1v) is 4.58. The first kappa shape index (κ1) is 12.7. The van der Waals surface area contributed by atoms with Gasteiger partial charge in [-0.1, -0.05) is 19.8 Å². The largest absolute Gasteiger partial charge is 0.467 e. The molecule has 0 aliphatic rings. The predicted molar refractivity (Wildman–Crippen MR) is 50.9 cm³/mol. The van der Waals surface area contributed by atoms with Crippen molar-refractivity contribution in [2.75, 3.05) is 14.2 Å². The van der Waals surface area contributed by atoms with Crippen LogP contribution in [0.25, 0.3) is 0 Å². The minimum atomic E-state index is -0.614. The Bertz CT molecular complexity index is 193. The number of rotatable bonds is 5. The van der Waals surface area contributed by atoms with Crippen molar-refractivity contribution >= 4 is 12.1 Å². The Hall–Kier alpha value is -1.26. The Kier molecular flexibility index (Phi) is 6.53. The van der Waals surface area contributed by atoms with Gasteiger partial charge in [0.15, 0.2) is 0 Å². The number of nitrogens with one attached hydrogen (secondary N) is 1. The molecular weight excluding hydrogens is 186 g/mol. The number of carbonyl (C=O) groups is 2. The monoisotopic (exact) mass is 203 g/mol. The second kappa shape index (κ2) is 7.17. The van der Waals surface area contributed by atoms with E-state index in [1.165, 1.54) is 14.2 Å². The smallest absolute Gasteiger partial charge is 0.407 e. The Morgan fingerprint density at radius 2 is 1.93 bits per heavy atom. The van der Waals surface area contributed by atoms with E-state index in [0.29, 0.717) is 6.42 Å². The Balaban J connectivity index is 4.09. The van der Waals surface area contributed by atoms with Gasteiger partial charge < -0.3 is 14.8 Å². The van der Waals surface area contributed by atoms with Gasteiger partial charge in [-0.15, -0.1) is 0 Å². The minimum Gasteiger partial charge on any atom is -0.467 e. The number of methoxy groups -OCH3 is 2. The molecule has 0 saturated carbocycles. The van der Waals surface area contributed by atoms with E-state index in [9.17, 15) is 9.59 Å². The highest BCUT2D eigenvalue weighted by Gasteiger charge is 2.20. The van der Waals surface area contributed by atoms with Gasteiger partial charge in [-0.3, -0.25) is 0 Å². The van der Waals surface area contributed by atoms with E-state index in [2.05, 4.69) is 14.8 Å². The third kappa shape index (κ3) is 4.69. The average Bonchev–Trinajstić information content (AvgIpc) is 2.22. The van der Waals surface area contributed by atoms with Gasteiger partial charge in [0.1, 0.15) is 6.04 Å². The lowest BCUT2D eigenvalue weighted by Gasteiger charge is -2.14. The van der Waals surface area contributed by atoms with Crippen LogP contribution in [0.5, 0.6) is 0 Å². The molecule has 0 radical (unpaired) electrons. The van der Waals surface area contributed by atoms with Crippen molar-refractivity contribution in [1.29, 1.82) is 0 Å². The van der Waals surface area contributed by atoms with Gasteiger partial charge in [0, 0.05) is 0 Å². The molecule has 1 unspecified atom stereocenters. The van der Waals surface area contributed by atoms with Gasteiger partial charge in [0.25, 0.3) is 0 Å². The summed E-state index contributed by atoms with van der Waals surface area (Å²) in [5.74, 6) is -0.441. The lowest BCUT2D eigenvalue weighted by atomic mass is 10.1. The summed E-state index contributed by atoms with van der Waals surface area (Å²) < 4.78 is 8.94. The van der Waals surface area contributed by atoms with Crippen LogP contribution in [-0.4, -0.2) is 32.3 Å². The first-order chi connectivity index (χ1) is 6.65. The fourth-order valence-corrected chi connectivity index (χ4v) is 1.00. The summed E-state index contributed by atoms with van der Waals surface area (Å²) in [7, 11) is 2.55. The molecule has 82 valence electrons. The van der Waals surface area contributed by atoms with Crippen molar-refractivity contribution in [3.05, 3.63) is 0 Å². The molecular formula is C9H17NO4. The van der Waals surface area contributed by atoms with Gasteiger partial charge >= 0.3 is 12.1 Å². The molecule has 0 aliphatic heterocycles. The standard InChI is InChI=1S/C9H17NO4/c1-4-5-6-7(8(11)13-2)10-9(12)14-3/h7H,4-6H2,1-3H3,(H,10,12). The van der Waals surface area contributed by atoms with E-state index >= 15 is 0 Å². The summed E-state index contributed by atoms with van der Waals surface area (Å²) >= 11 is 0. The second-order valence-electron chi connectivity index (χ2n) is 2.85. The third-order valence-electron chi connectivity index (χ3n) is 1.81.